The minimum atomic E-state index is -0.877. The molecular weight excluding hydrogens is 212 g/mol. The topological polar surface area (TPSA) is 72.8 Å². The fraction of sp³-hybridized carbons (Fsp3) is 0.364. The molecule has 0 saturated heterocycles. The Kier molecular flexibility index (Phi) is 6.10. The van der Waals surface area contributed by atoms with E-state index in [0.717, 1.165) is 12.2 Å². The lowest BCUT2D eigenvalue weighted by Crippen LogP contribution is -2.32. The summed E-state index contributed by atoms with van der Waals surface area (Å²) in [5.74, 6) is -1.33. The summed E-state index contributed by atoms with van der Waals surface area (Å²) in [4.78, 5) is 21.7. The number of hydrogen-bond donors (Lipinski definition) is 1. The zero-order valence-corrected chi connectivity index (χ0v) is 9.30. The SMILES string of the molecule is C=CC(=O)OC(C)[C](O)C(C)OC(=O)C=C. The van der Waals surface area contributed by atoms with Gasteiger partial charge >= 0.3 is 11.9 Å². The number of rotatable bonds is 6. The third-order valence-corrected chi connectivity index (χ3v) is 1.75. The highest BCUT2D eigenvalue weighted by molar-refractivity contribution is 5.82. The molecule has 0 aromatic rings. The standard InChI is InChI=1S/C11H15O5/c1-5-9(12)15-7(3)11(14)8(4)16-10(13)6-2/h5-8,14H,1-2H2,3-4H3. The summed E-state index contributed by atoms with van der Waals surface area (Å²) in [5, 5.41) is 9.57. The molecule has 89 valence electrons. The van der Waals surface area contributed by atoms with Gasteiger partial charge < -0.3 is 14.6 Å². The minimum Gasteiger partial charge on any atom is -0.456 e. The van der Waals surface area contributed by atoms with Gasteiger partial charge in [0.25, 0.3) is 0 Å². The highest BCUT2D eigenvalue weighted by atomic mass is 16.6. The molecule has 0 rings (SSSR count). The molecule has 2 unspecified atom stereocenters. The average Bonchev–Trinajstić information content (AvgIpc) is 2.27. The highest BCUT2D eigenvalue weighted by Crippen LogP contribution is 2.15. The number of carbonyl (C=O) groups is 2. The van der Waals surface area contributed by atoms with Crippen molar-refractivity contribution >= 4 is 11.9 Å². The van der Waals surface area contributed by atoms with Crippen molar-refractivity contribution in [1.82, 2.24) is 0 Å². The molecule has 5 heteroatoms. The molecule has 0 amide bonds. The van der Waals surface area contributed by atoms with Gasteiger partial charge in [-0.1, -0.05) is 13.2 Å². The summed E-state index contributed by atoms with van der Waals surface area (Å²) in [5.41, 5.74) is 0. The number of hydrogen-bond acceptors (Lipinski definition) is 5. The molecule has 5 nitrogen and oxygen atoms in total. The van der Waals surface area contributed by atoms with Gasteiger partial charge in [0.1, 0.15) is 12.2 Å². The van der Waals surface area contributed by atoms with Gasteiger partial charge in [-0.3, -0.25) is 0 Å². The van der Waals surface area contributed by atoms with Crippen molar-refractivity contribution in [3.05, 3.63) is 31.4 Å². The van der Waals surface area contributed by atoms with Crippen LogP contribution in [0.25, 0.3) is 0 Å². The molecule has 1 N–H and O–H groups in total. The van der Waals surface area contributed by atoms with E-state index in [1.807, 2.05) is 0 Å². The Morgan fingerprint density at radius 3 is 1.62 bits per heavy atom. The zero-order valence-electron chi connectivity index (χ0n) is 9.30. The van der Waals surface area contributed by atoms with Crippen LogP contribution in [0.4, 0.5) is 0 Å². The molecule has 0 aromatic carbocycles. The van der Waals surface area contributed by atoms with Gasteiger partial charge in [-0.25, -0.2) is 9.59 Å². The van der Waals surface area contributed by atoms with Gasteiger partial charge in [-0.05, 0) is 13.8 Å². The van der Waals surface area contributed by atoms with E-state index in [9.17, 15) is 14.7 Å². The third kappa shape index (κ3) is 4.75. The maximum absolute atomic E-state index is 10.8. The van der Waals surface area contributed by atoms with Crippen LogP contribution in [0.3, 0.4) is 0 Å². The van der Waals surface area contributed by atoms with Crippen LogP contribution in [0.5, 0.6) is 0 Å². The lowest BCUT2D eigenvalue weighted by molar-refractivity contribution is -0.150. The van der Waals surface area contributed by atoms with E-state index >= 15 is 0 Å². The fourth-order valence-corrected chi connectivity index (χ4v) is 0.896. The lowest BCUT2D eigenvalue weighted by atomic mass is 10.1. The van der Waals surface area contributed by atoms with Crippen LogP contribution in [0.1, 0.15) is 13.8 Å². The molecule has 0 aliphatic heterocycles. The fourth-order valence-electron chi connectivity index (χ4n) is 0.896. The van der Waals surface area contributed by atoms with Gasteiger partial charge in [0, 0.05) is 12.2 Å². The smallest absolute Gasteiger partial charge is 0.330 e. The molecule has 2 atom stereocenters. The number of ether oxygens (including phenoxy) is 2. The molecule has 1 radical (unpaired) electrons. The second-order valence-corrected chi connectivity index (χ2v) is 2.99. The second-order valence-electron chi connectivity index (χ2n) is 2.99. The summed E-state index contributed by atoms with van der Waals surface area (Å²) in [6.45, 7) is 9.34. The third-order valence-electron chi connectivity index (χ3n) is 1.75. The molecule has 0 aliphatic rings. The summed E-state index contributed by atoms with van der Waals surface area (Å²) >= 11 is 0. The number of aliphatic hydroxyl groups excluding tert-OH is 1. The van der Waals surface area contributed by atoms with Crippen LogP contribution in [0.15, 0.2) is 25.3 Å². The van der Waals surface area contributed by atoms with E-state index in [0.29, 0.717) is 0 Å². The summed E-state index contributed by atoms with van der Waals surface area (Å²) in [6, 6.07) is 0. The Labute approximate surface area is 94.4 Å². The number of esters is 2. The van der Waals surface area contributed by atoms with Gasteiger partial charge in [-0.15, -0.1) is 0 Å². The molecule has 0 fully saturated rings. The van der Waals surface area contributed by atoms with Crippen molar-refractivity contribution in [1.29, 1.82) is 0 Å². The van der Waals surface area contributed by atoms with Crippen LogP contribution < -0.4 is 0 Å². The molecule has 16 heavy (non-hydrogen) atoms. The first-order chi connectivity index (χ1) is 7.42. The molecule has 0 heterocycles. The van der Waals surface area contributed by atoms with Crippen LogP contribution in [0, 0.1) is 6.10 Å². The van der Waals surface area contributed by atoms with Gasteiger partial charge in [0.2, 0.25) is 0 Å². The van der Waals surface area contributed by atoms with Crippen molar-refractivity contribution in [2.45, 2.75) is 26.1 Å². The highest BCUT2D eigenvalue weighted by Gasteiger charge is 2.27. The van der Waals surface area contributed by atoms with Crippen molar-refractivity contribution in [2.24, 2.45) is 0 Å². The molecule has 0 bridgehead atoms. The van der Waals surface area contributed by atoms with Crippen molar-refractivity contribution < 1.29 is 24.2 Å². The van der Waals surface area contributed by atoms with E-state index in [2.05, 4.69) is 13.2 Å². The Hall–Kier alpha value is -1.62. The quantitative estimate of drug-likeness (QED) is 0.544. The first kappa shape index (κ1) is 14.4. The second kappa shape index (κ2) is 6.79. The van der Waals surface area contributed by atoms with Crippen molar-refractivity contribution in [3.63, 3.8) is 0 Å². The summed E-state index contributed by atoms with van der Waals surface area (Å²) < 4.78 is 9.47. The van der Waals surface area contributed by atoms with Crippen molar-refractivity contribution in [2.75, 3.05) is 0 Å². The Morgan fingerprint density at radius 1 is 1.06 bits per heavy atom. The Bertz CT molecular complexity index is 256. The number of aliphatic hydroxyl groups is 1. The van der Waals surface area contributed by atoms with E-state index in [1.54, 1.807) is 0 Å². The Balaban J connectivity index is 4.25. The molecule has 0 spiro atoms. The predicted octanol–water partition coefficient (Wildman–Crippen LogP) is 1.13. The largest absolute Gasteiger partial charge is 0.456 e. The zero-order chi connectivity index (χ0) is 12.7. The maximum Gasteiger partial charge on any atom is 0.330 e. The van der Waals surface area contributed by atoms with Gasteiger partial charge in [0.05, 0.1) is 0 Å². The minimum absolute atomic E-state index is 0.259. The van der Waals surface area contributed by atoms with Crippen LogP contribution >= 0.6 is 0 Å². The molecule has 0 aliphatic carbocycles. The molecule has 0 aromatic heterocycles. The van der Waals surface area contributed by atoms with Gasteiger partial charge in [-0.2, -0.15) is 0 Å². The van der Waals surface area contributed by atoms with Crippen LogP contribution in [-0.2, 0) is 19.1 Å². The first-order valence-electron chi connectivity index (χ1n) is 4.64. The van der Waals surface area contributed by atoms with E-state index in [4.69, 9.17) is 9.47 Å². The number of carbonyl (C=O) groups excluding carboxylic acids is 2. The predicted molar refractivity (Wildman–Crippen MR) is 56.7 cm³/mol. The molecular formula is C11H15O5. The van der Waals surface area contributed by atoms with Crippen molar-refractivity contribution in [3.8, 4) is 0 Å². The monoisotopic (exact) mass is 227 g/mol. The van der Waals surface area contributed by atoms with Crippen LogP contribution in [0.2, 0.25) is 0 Å². The summed E-state index contributed by atoms with van der Waals surface area (Å²) in [6.07, 6.45) is -0.0596. The normalized spacial score (nSPS) is 13.8. The van der Waals surface area contributed by atoms with E-state index < -0.39 is 24.1 Å². The first-order valence-corrected chi connectivity index (χ1v) is 4.64. The van der Waals surface area contributed by atoms with Gasteiger partial charge in [0.15, 0.2) is 6.10 Å². The summed E-state index contributed by atoms with van der Waals surface area (Å²) in [7, 11) is 0. The maximum atomic E-state index is 10.8. The van der Waals surface area contributed by atoms with E-state index in [-0.39, 0.29) is 6.10 Å². The van der Waals surface area contributed by atoms with E-state index in [1.165, 1.54) is 13.8 Å². The molecule has 0 saturated carbocycles. The average molecular weight is 227 g/mol. The lowest BCUT2D eigenvalue weighted by Gasteiger charge is -2.22. The van der Waals surface area contributed by atoms with Crippen LogP contribution in [-0.4, -0.2) is 29.3 Å². The Morgan fingerprint density at radius 2 is 1.38 bits per heavy atom.